The first-order chi connectivity index (χ1) is 9.71. The summed E-state index contributed by atoms with van der Waals surface area (Å²) in [7, 11) is 1.89. The van der Waals surface area contributed by atoms with E-state index in [0.29, 0.717) is 0 Å². The Kier molecular flexibility index (Phi) is 5.86. The second kappa shape index (κ2) is 7.64. The SMILES string of the molecule is CCCc1cc(NC)nc(CSc2ccc(Br)cc2)n1. The van der Waals surface area contributed by atoms with Crippen LogP contribution >= 0.6 is 27.7 Å². The van der Waals surface area contributed by atoms with E-state index in [9.17, 15) is 0 Å². The lowest BCUT2D eigenvalue weighted by atomic mass is 10.2. The second-order valence-electron chi connectivity index (χ2n) is 4.40. The van der Waals surface area contributed by atoms with Gasteiger partial charge >= 0.3 is 0 Å². The first kappa shape index (κ1) is 15.3. The van der Waals surface area contributed by atoms with E-state index in [4.69, 9.17) is 0 Å². The number of hydrogen-bond acceptors (Lipinski definition) is 4. The van der Waals surface area contributed by atoms with Crippen LogP contribution in [0.2, 0.25) is 0 Å². The predicted molar refractivity (Wildman–Crippen MR) is 89.3 cm³/mol. The Labute approximate surface area is 132 Å². The van der Waals surface area contributed by atoms with Crippen LogP contribution in [-0.2, 0) is 12.2 Å². The summed E-state index contributed by atoms with van der Waals surface area (Å²) < 4.78 is 1.10. The molecule has 0 fully saturated rings. The molecule has 0 aliphatic carbocycles. The molecule has 1 N–H and O–H groups in total. The standard InChI is InChI=1S/C15H18BrN3S/c1-3-4-12-9-14(17-2)19-15(18-12)10-20-13-7-5-11(16)6-8-13/h5-9H,3-4,10H2,1-2H3,(H,17,18,19). The zero-order valence-corrected chi connectivity index (χ0v) is 14.1. The maximum Gasteiger partial charge on any atom is 0.141 e. The molecule has 1 aromatic carbocycles. The number of hydrogen-bond donors (Lipinski definition) is 1. The van der Waals surface area contributed by atoms with Crippen LogP contribution in [-0.4, -0.2) is 17.0 Å². The molecule has 0 bridgehead atoms. The molecule has 0 aliphatic rings. The van der Waals surface area contributed by atoms with Crippen LogP contribution in [0, 0.1) is 0 Å². The lowest BCUT2D eigenvalue weighted by Gasteiger charge is -2.07. The molecule has 0 amide bonds. The summed E-state index contributed by atoms with van der Waals surface area (Å²) in [6.07, 6.45) is 2.09. The van der Waals surface area contributed by atoms with Gasteiger partial charge in [-0.15, -0.1) is 11.8 Å². The Morgan fingerprint density at radius 3 is 2.60 bits per heavy atom. The average molecular weight is 352 g/mol. The van der Waals surface area contributed by atoms with Crippen molar-refractivity contribution >= 4 is 33.5 Å². The molecule has 0 saturated heterocycles. The maximum atomic E-state index is 4.62. The van der Waals surface area contributed by atoms with E-state index in [2.05, 4.69) is 62.4 Å². The Bertz CT molecular complexity index is 558. The molecule has 1 aromatic heterocycles. The monoisotopic (exact) mass is 351 g/mol. The van der Waals surface area contributed by atoms with Crippen molar-refractivity contribution in [3.8, 4) is 0 Å². The molecule has 5 heteroatoms. The number of rotatable bonds is 6. The van der Waals surface area contributed by atoms with E-state index in [1.54, 1.807) is 11.8 Å². The van der Waals surface area contributed by atoms with Gasteiger partial charge in [-0.2, -0.15) is 0 Å². The van der Waals surface area contributed by atoms with Crippen molar-refractivity contribution < 1.29 is 0 Å². The highest BCUT2D eigenvalue weighted by Gasteiger charge is 2.04. The summed E-state index contributed by atoms with van der Waals surface area (Å²) in [5, 5.41) is 3.11. The van der Waals surface area contributed by atoms with Gasteiger partial charge in [-0.3, -0.25) is 0 Å². The summed E-state index contributed by atoms with van der Waals surface area (Å²) in [6.45, 7) is 2.16. The second-order valence-corrected chi connectivity index (χ2v) is 6.37. The third kappa shape index (κ3) is 4.49. The van der Waals surface area contributed by atoms with E-state index in [0.717, 1.165) is 40.4 Å². The van der Waals surface area contributed by atoms with Gasteiger partial charge in [0.1, 0.15) is 11.6 Å². The van der Waals surface area contributed by atoms with Gasteiger partial charge in [0.2, 0.25) is 0 Å². The maximum absolute atomic E-state index is 4.62. The molecule has 0 unspecified atom stereocenters. The van der Waals surface area contributed by atoms with E-state index in [1.807, 2.05) is 13.1 Å². The summed E-state index contributed by atoms with van der Waals surface area (Å²) in [5.41, 5.74) is 1.11. The molecule has 0 radical (unpaired) electrons. The van der Waals surface area contributed by atoms with Crippen molar-refractivity contribution in [3.05, 3.63) is 46.3 Å². The zero-order valence-electron chi connectivity index (χ0n) is 11.7. The minimum atomic E-state index is 0.786. The Hall–Kier alpha value is -1.07. The van der Waals surface area contributed by atoms with Crippen LogP contribution in [0.4, 0.5) is 5.82 Å². The van der Waals surface area contributed by atoms with Crippen molar-refractivity contribution in [1.82, 2.24) is 9.97 Å². The van der Waals surface area contributed by atoms with E-state index < -0.39 is 0 Å². The molecular weight excluding hydrogens is 334 g/mol. The molecule has 106 valence electrons. The van der Waals surface area contributed by atoms with Crippen LogP contribution in [0.5, 0.6) is 0 Å². The van der Waals surface area contributed by atoms with Gasteiger partial charge in [-0.25, -0.2) is 9.97 Å². The van der Waals surface area contributed by atoms with Gasteiger partial charge in [-0.1, -0.05) is 29.3 Å². The van der Waals surface area contributed by atoms with Crippen LogP contribution in [0.25, 0.3) is 0 Å². The quantitative estimate of drug-likeness (QED) is 0.776. The zero-order chi connectivity index (χ0) is 14.4. The Morgan fingerprint density at radius 1 is 1.20 bits per heavy atom. The largest absolute Gasteiger partial charge is 0.373 e. The van der Waals surface area contributed by atoms with Gasteiger partial charge in [0.05, 0.1) is 5.75 Å². The highest BCUT2D eigenvalue weighted by atomic mass is 79.9. The Balaban J connectivity index is 2.07. The fraction of sp³-hybridized carbons (Fsp3) is 0.333. The summed E-state index contributed by atoms with van der Waals surface area (Å²) >= 11 is 5.20. The van der Waals surface area contributed by atoms with Gasteiger partial charge in [-0.05, 0) is 30.7 Å². The topological polar surface area (TPSA) is 37.8 Å². The number of benzene rings is 1. The van der Waals surface area contributed by atoms with Gasteiger partial charge < -0.3 is 5.32 Å². The average Bonchev–Trinajstić information content (AvgIpc) is 2.47. The minimum Gasteiger partial charge on any atom is -0.373 e. The summed E-state index contributed by atoms with van der Waals surface area (Å²) in [5.74, 6) is 2.57. The van der Waals surface area contributed by atoms with Gasteiger partial charge in [0.15, 0.2) is 0 Å². The number of anilines is 1. The number of nitrogens with one attached hydrogen (secondary N) is 1. The molecule has 1 heterocycles. The van der Waals surface area contributed by atoms with Crippen LogP contribution in [0.1, 0.15) is 24.9 Å². The smallest absolute Gasteiger partial charge is 0.141 e. The van der Waals surface area contributed by atoms with E-state index in [1.165, 1.54) is 4.90 Å². The summed E-state index contributed by atoms with van der Waals surface area (Å²) in [6, 6.07) is 10.3. The molecule has 2 aromatic rings. The van der Waals surface area contributed by atoms with Crippen LogP contribution in [0.15, 0.2) is 39.7 Å². The Morgan fingerprint density at radius 2 is 1.95 bits per heavy atom. The van der Waals surface area contributed by atoms with E-state index in [-0.39, 0.29) is 0 Å². The molecule has 0 saturated carbocycles. The van der Waals surface area contributed by atoms with Crippen molar-refractivity contribution in [2.75, 3.05) is 12.4 Å². The van der Waals surface area contributed by atoms with Crippen molar-refractivity contribution in [2.24, 2.45) is 0 Å². The van der Waals surface area contributed by atoms with Crippen molar-refractivity contribution in [2.45, 2.75) is 30.4 Å². The van der Waals surface area contributed by atoms with Gasteiger partial charge in [0, 0.05) is 28.2 Å². The third-order valence-electron chi connectivity index (χ3n) is 2.77. The van der Waals surface area contributed by atoms with E-state index >= 15 is 0 Å². The van der Waals surface area contributed by atoms with Crippen LogP contribution in [0.3, 0.4) is 0 Å². The minimum absolute atomic E-state index is 0.786. The highest BCUT2D eigenvalue weighted by molar-refractivity contribution is 9.10. The van der Waals surface area contributed by atoms with Crippen molar-refractivity contribution in [1.29, 1.82) is 0 Å². The number of thioether (sulfide) groups is 1. The first-order valence-electron chi connectivity index (χ1n) is 6.64. The number of aryl methyl sites for hydroxylation is 1. The number of halogens is 1. The number of aromatic nitrogens is 2. The molecule has 20 heavy (non-hydrogen) atoms. The molecule has 0 aliphatic heterocycles. The fourth-order valence-electron chi connectivity index (χ4n) is 1.81. The lowest BCUT2D eigenvalue weighted by molar-refractivity contribution is 0.855. The molecule has 2 rings (SSSR count). The number of nitrogens with zero attached hydrogens (tertiary/aromatic N) is 2. The molecular formula is C15H18BrN3S. The first-order valence-corrected chi connectivity index (χ1v) is 8.42. The van der Waals surface area contributed by atoms with Crippen LogP contribution < -0.4 is 5.32 Å². The molecule has 0 atom stereocenters. The fourth-order valence-corrected chi connectivity index (χ4v) is 2.83. The summed E-state index contributed by atoms with van der Waals surface area (Å²) in [4.78, 5) is 10.4. The predicted octanol–water partition coefficient (Wildman–Crippen LogP) is 4.53. The lowest BCUT2D eigenvalue weighted by Crippen LogP contribution is -2.02. The highest BCUT2D eigenvalue weighted by Crippen LogP contribution is 2.23. The van der Waals surface area contributed by atoms with Gasteiger partial charge in [0.25, 0.3) is 0 Å². The normalized spacial score (nSPS) is 10.6. The van der Waals surface area contributed by atoms with Crippen molar-refractivity contribution in [3.63, 3.8) is 0 Å². The molecule has 0 spiro atoms. The third-order valence-corrected chi connectivity index (χ3v) is 4.31. The molecule has 3 nitrogen and oxygen atoms in total.